The number of methoxy groups -OCH3 is 1. The standard InChI is InChI=1S/C25H20N2O4S/c1-14-12-19(31-3)15(2)11-18(14)23(28)21-22(20-5-4-10-32-20)27(25(30)24(21)29)17-8-6-16(13-26)7-9-17/h4-12,22,28H,1-3H3/b23-21-. The van der Waals surface area contributed by atoms with Crippen LogP contribution in [0.1, 0.15) is 33.2 Å². The summed E-state index contributed by atoms with van der Waals surface area (Å²) in [6.07, 6.45) is 0. The number of ketones is 1. The first-order valence-corrected chi connectivity index (χ1v) is 10.8. The van der Waals surface area contributed by atoms with Gasteiger partial charge in [0.25, 0.3) is 11.7 Å². The number of carbonyl (C=O) groups excluding carboxylic acids is 2. The zero-order valence-corrected chi connectivity index (χ0v) is 18.6. The van der Waals surface area contributed by atoms with Gasteiger partial charge in [-0.3, -0.25) is 14.5 Å². The van der Waals surface area contributed by atoms with Crippen LogP contribution in [0.15, 0.2) is 59.5 Å². The van der Waals surface area contributed by atoms with Crippen molar-refractivity contribution in [3.63, 3.8) is 0 Å². The van der Waals surface area contributed by atoms with E-state index in [2.05, 4.69) is 0 Å². The average Bonchev–Trinajstić information content (AvgIpc) is 3.41. The number of anilines is 1. The van der Waals surface area contributed by atoms with Crippen molar-refractivity contribution >= 4 is 34.5 Å². The van der Waals surface area contributed by atoms with Gasteiger partial charge >= 0.3 is 0 Å². The van der Waals surface area contributed by atoms with Gasteiger partial charge in [0.15, 0.2) is 0 Å². The highest BCUT2D eigenvalue weighted by molar-refractivity contribution is 7.10. The number of nitrogens with zero attached hydrogens (tertiary/aromatic N) is 2. The fraction of sp³-hybridized carbons (Fsp3) is 0.160. The Morgan fingerprint density at radius 3 is 2.44 bits per heavy atom. The molecule has 2 heterocycles. The number of benzene rings is 2. The van der Waals surface area contributed by atoms with Crippen LogP contribution >= 0.6 is 11.3 Å². The van der Waals surface area contributed by atoms with E-state index in [1.165, 1.54) is 16.2 Å². The first-order chi connectivity index (χ1) is 15.4. The minimum Gasteiger partial charge on any atom is -0.507 e. The van der Waals surface area contributed by atoms with Gasteiger partial charge in [-0.15, -0.1) is 11.3 Å². The SMILES string of the molecule is COc1cc(C)c(/C(O)=C2/C(=O)C(=O)N(c3ccc(C#N)cc3)C2c2cccs2)cc1C. The summed E-state index contributed by atoms with van der Waals surface area (Å²) >= 11 is 1.40. The van der Waals surface area contributed by atoms with Gasteiger partial charge in [0, 0.05) is 16.1 Å². The lowest BCUT2D eigenvalue weighted by atomic mass is 9.95. The Kier molecular flexibility index (Phi) is 5.56. The lowest BCUT2D eigenvalue weighted by Crippen LogP contribution is -2.29. The van der Waals surface area contributed by atoms with Crippen LogP contribution in [-0.4, -0.2) is 23.9 Å². The molecule has 1 saturated heterocycles. The van der Waals surface area contributed by atoms with E-state index in [1.54, 1.807) is 43.5 Å². The first-order valence-electron chi connectivity index (χ1n) is 9.87. The molecule has 0 aliphatic carbocycles. The van der Waals surface area contributed by atoms with Crippen molar-refractivity contribution in [1.29, 1.82) is 5.26 Å². The fourth-order valence-corrected chi connectivity index (χ4v) is 4.74. The van der Waals surface area contributed by atoms with Crippen molar-refractivity contribution in [3.8, 4) is 11.8 Å². The lowest BCUT2D eigenvalue weighted by molar-refractivity contribution is -0.132. The van der Waals surface area contributed by atoms with Gasteiger partial charge in [-0.1, -0.05) is 6.07 Å². The van der Waals surface area contributed by atoms with Crippen molar-refractivity contribution in [2.45, 2.75) is 19.9 Å². The van der Waals surface area contributed by atoms with Gasteiger partial charge in [-0.05, 0) is 72.8 Å². The number of hydrogen-bond donors (Lipinski definition) is 1. The molecular formula is C25H20N2O4S. The molecular weight excluding hydrogens is 424 g/mol. The lowest BCUT2D eigenvalue weighted by Gasteiger charge is -2.24. The molecule has 0 spiro atoms. The second-order valence-electron chi connectivity index (χ2n) is 7.48. The maximum atomic E-state index is 13.2. The molecule has 0 radical (unpaired) electrons. The third-order valence-electron chi connectivity index (χ3n) is 5.53. The Hall–Kier alpha value is -3.89. The van der Waals surface area contributed by atoms with Crippen molar-refractivity contribution in [3.05, 3.63) is 86.6 Å². The monoisotopic (exact) mass is 444 g/mol. The van der Waals surface area contributed by atoms with Crippen LogP contribution < -0.4 is 9.64 Å². The number of Topliss-reactive ketones (excluding diaryl/α,β-unsaturated/α-hetero) is 1. The number of ether oxygens (including phenoxy) is 1. The summed E-state index contributed by atoms with van der Waals surface area (Å²) in [5.74, 6) is -1.02. The van der Waals surface area contributed by atoms with Gasteiger partial charge in [0.05, 0.1) is 24.3 Å². The molecule has 0 saturated carbocycles. The summed E-state index contributed by atoms with van der Waals surface area (Å²) in [5.41, 5.74) is 2.96. The summed E-state index contributed by atoms with van der Waals surface area (Å²) < 4.78 is 5.35. The molecule has 1 aromatic heterocycles. The van der Waals surface area contributed by atoms with Gasteiger partial charge < -0.3 is 9.84 Å². The quantitative estimate of drug-likeness (QED) is 0.352. The fourth-order valence-electron chi connectivity index (χ4n) is 3.92. The van der Waals surface area contributed by atoms with Crippen molar-refractivity contribution in [2.24, 2.45) is 0 Å². The van der Waals surface area contributed by atoms with Crippen LogP contribution in [0.5, 0.6) is 5.75 Å². The summed E-state index contributed by atoms with van der Waals surface area (Å²) in [6.45, 7) is 3.66. The summed E-state index contributed by atoms with van der Waals surface area (Å²) in [4.78, 5) is 28.4. The largest absolute Gasteiger partial charge is 0.507 e. The van der Waals surface area contributed by atoms with Crippen LogP contribution in [0, 0.1) is 25.2 Å². The number of aliphatic hydroxyl groups is 1. The van der Waals surface area contributed by atoms with Gasteiger partial charge in [-0.2, -0.15) is 5.26 Å². The Labute approximate surface area is 189 Å². The molecule has 3 aromatic rings. The minimum atomic E-state index is -0.773. The zero-order chi connectivity index (χ0) is 23.0. The Bertz CT molecular complexity index is 1280. The number of rotatable bonds is 4. The van der Waals surface area contributed by atoms with E-state index >= 15 is 0 Å². The second kappa shape index (κ2) is 8.33. The van der Waals surface area contributed by atoms with Gasteiger partial charge in [0.1, 0.15) is 17.6 Å². The smallest absolute Gasteiger partial charge is 0.300 e. The van der Waals surface area contributed by atoms with E-state index in [1.807, 2.05) is 37.4 Å². The third-order valence-corrected chi connectivity index (χ3v) is 6.45. The minimum absolute atomic E-state index is 0.0366. The zero-order valence-electron chi connectivity index (χ0n) is 17.7. The maximum absolute atomic E-state index is 13.2. The molecule has 160 valence electrons. The number of hydrogen-bond acceptors (Lipinski definition) is 6. The van der Waals surface area contributed by atoms with E-state index in [0.29, 0.717) is 22.6 Å². The highest BCUT2D eigenvalue weighted by Gasteiger charge is 2.47. The molecule has 0 bridgehead atoms. The van der Waals surface area contributed by atoms with Crippen LogP contribution in [0.2, 0.25) is 0 Å². The highest BCUT2D eigenvalue weighted by atomic mass is 32.1. The Morgan fingerprint density at radius 2 is 1.84 bits per heavy atom. The van der Waals surface area contributed by atoms with Crippen molar-refractivity contribution in [2.75, 3.05) is 12.0 Å². The maximum Gasteiger partial charge on any atom is 0.300 e. The molecule has 1 aliphatic rings. The molecule has 2 aromatic carbocycles. The third kappa shape index (κ3) is 3.45. The van der Waals surface area contributed by atoms with E-state index in [-0.39, 0.29) is 11.3 Å². The highest BCUT2D eigenvalue weighted by Crippen LogP contribution is 2.44. The van der Waals surface area contributed by atoms with Crippen LogP contribution in [0.4, 0.5) is 5.69 Å². The normalized spacial score (nSPS) is 17.4. The number of thiophene rings is 1. The molecule has 1 fully saturated rings. The van der Waals surface area contributed by atoms with Crippen molar-refractivity contribution < 1.29 is 19.4 Å². The number of amides is 1. The predicted octanol–water partition coefficient (Wildman–Crippen LogP) is 4.87. The molecule has 1 unspecified atom stereocenters. The van der Waals surface area contributed by atoms with E-state index < -0.39 is 17.7 Å². The molecule has 1 aliphatic heterocycles. The number of nitriles is 1. The summed E-state index contributed by atoms with van der Waals surface area (Å²) in [5, 5.41) is 22.2. The van der Waals surface area contributed by atoms with E-state index in [0.717, 1.165) is 16.0 Å². The predicted molar refractivity (Wildman–Crippen MR) is 123 cm³/mol. The van der Waals surface area contributed by atoms with E-state index in [9.17, 15) is 14.7 Å². The summed E-state index contributed by atoms with van der Waals surface area (Å²) in [7, 11) is 1.57. The number of aryl methyl sites for hydroxylation is 2. The number of carbonyl (C=O) groups is 2. The van der Waals surface area contributed by atoms with Crippen molar-refractivity contribution in [1.82, 2.24) is 0 Å². The van der Waals surface area contributed by atoms with Gasteiger partial charge in [0.2, 0.25) is 0 Å². The Balaban J connectivity index is 1.93. The van der Waals surface area contributed by atoms with Crippen LogP contribution in [0.3, 0.4) is 0 Å². The van der Waals surface area contributed by atoms with E-state index in [4.69, 9.17) is 10.00 Å². The van der Waals surface area contributed by atoms with Crippen LogP contribution in [0.25, 0.3) is 5.76 Å². The molecule has 1 N–H and O–H groups in total. The molecule has 32 heavy (non-hydrogen) atoms. The molecule has 6 nitrogen and oxygen atoms in total. The van der Waals surface area contributed by atoms with Gasteiger partial charge in [-0.25, -0.2) is 0 Å². The summed E-state index contributed by atoms with van der Waals surface area (Å²) in [6, 6.07) is 14.9. The molecule has 1 amide bonds. The Morgan fingerprint density at radius 1 is 1.12 bits per heavy atom. The molecule has 7 heteroatoms. The molecule has 4 rings (SSSR count). The van der Waals surface area contributed by atoms with Crippen LogP contribution in [-0.2, 0) is 9.59 Å². The topological polar surface area (TPSA) is 90.6 Å². The first kappa shape index (κ1) is 21.3. The number of aliphatic hydroxyl groups excluding tert-OH is 1. The molecule has 1 atom stereocenters. The average molecular weight is 445 g/mol. The second-order valence-corrected chi connectivity index (χ2v) is 8.46.